The molecule has 8 heteroatoms. The van der Waals surface area contributed by atoms with Gasteiger partial charge in [0.05, 0.1) is 25.5 Å². The molecule has 1 aliphatic heterocycles. The number of benzene rings is 2. The summed E-state index contributed by atoms with van der Waals surface area (Å²) in [5, 5.41) is 4.76. The maximum atomic E-state index is 13.3. The number of nitrogens with zero attached hydrogens (tertiary/aromatic N) is 2. The number of hydrogen-bond acceptors (Lipinski definition) is 5. The molecule has 1 atom stereocenters. The lowest BCUT2D eigenvalue weighted by molar-refractivity contribution is 0.0921. The highest BCUT2D eigenvalue weighted by atomic mass is 35.5. The molecule has 5 rings (SSSR count). The van der Waals surface area contributed by atoms with Gasteiger partial charge in [-0.3, -0.25) is 14.8 Å². The standard InChI is InChI=1S/C25H19Cl2N3O3/c1-32-24-18-6-8-28-22(14-10-15(26)12-16(27)11-14)23(18)29-13-19(24)25(31)30-20-7-9-33-21-5-3-2-4-17(20)21/h2-6,8,10-13,20H,7,9H2,1H3,(H,30,31)/t20-/m0/s1. The normalized spacial score (nSPS) is 14.9. The summed E-state index contributed by atoms with van der Waals surface area (Å²) in [6, 6.07) is 14.5. The molecule has 0 unspecified atom stereocenters. The molecule has 1 N–H and O–H groups in total. The van der Waals surface area contributed by atoms with Gasteiger partial charge in [0.15, 0.2) is 0 Å². The first-order valence-corrected chi connectivity index (χ1v) is 11.1. The third kappa shape index (κ3) is 4.08. The lowest BCUT2D eigenvalue weighted by Crippen LogP contribution is -2.32. The van der Waals surface area contributed by atoms with E-state index in [4.69, 9.17) is 32.7 Å². The van der Waals surface area contributed by atoms with Gasteiger partial charge in [-0.2, -0.15) is 0 Å². The fraction of sp³-hybridized carbons (Fsp3) is 0.160. The fourth-order valence-electron chi connectivity index (χ4n) is 4.11. The zero-order valence-electron chi connectivity index (χ0n) is 17.6. The topological polar surface area (TPSA) is 73.3 Å². The number of para-hydroxylation sites is 1. The summed E-state index contributed by atoms with van der Waals surface area (Å²) in [4.78, 5) is 22.3. The van der Waals surface area contributed by atoms with E-state index in [1.165, 1.54) is 13.3 Å². The molecule has 33 heavy (non-hydrogen) atoms. The van der Waals surface area contributed by atoms with Gasteiger partial charge >= 0.3 is 0 Å². The molecular formula is C25H19Cl2N3O3. The summed E-state index contributed by atoms with van der Waals surface area (Å²) in [6.45, 7) is 0.534. The Balaban J connectivity index is 1.54. The molecule has 0 spiro atoms. The van der Waals surface area contributed by atoms with E-state index in [0.717, 1.165) is 16.9 Å². The SMILES string of the molecule is COc1c(C(=O)N[C@H]2CCOc3ccccc32)cnc2c(-c3cc(Cl)cc(Cl)c3)nccc12. The monoisotopic (exact) mass is 479 g/mol. The van der Waals surface area contributed by atoms with Crippen molar-refractivity contribution >= 4 is 40.0 Å². The first-order chi connectivity index (χ1) is 16.0. The molecule has 3 heterocycles. The molecule has 1 amide bonds. The van der Waals surface area contributed by atoms with Crippen molar-refractivity contribution in [3.63, 3.8) is 0 Å². The van der Waals surface area contributed by atoms with E-state index in [2.05, 4.69) is 15.3 Å². The largest absolute Gasteiger partial charge is 0.495 e. The Morgan fingerprint density at radius 2 is 1.91 bits per heavy atom. The van der Waals surface area contributed by atoms with Crippen LogP contribution in [0.3, 0.4) is 0 Å². The van der Waals surface area contributed by atoms with Gasteiger partial charge in [0.2, 0.25) is 0 Å². The quantitative estimate of drug-likeness (QED) is 0.396. The lowest BCUT2D eigenvalue weighted by atomic mass is 10.00. The summed E-state index contributed by atoms with van der Waals surface area (Å²) in [5.41, 5.74) is 3.20. The number of ether oxygens (including phenoxy) is 2. The average Bonchev–Trinajstić information content (AvgIpc) is 2.82. The van der Waals surface area contributed by atoms with E-state index in [0.29, 0.717) is 51.0 Å². The van der Waals surface area contributed by atoms with Crippen LogP contribution in [0.2, 0.25) is 10.0 Å². The van der Waals surface area contributed by atoms with Crippen molar-refractivity contribution in [1.82, 2.24) is 15.3 Å². The van der Waals surface area contributed by atoms with Gasteiger partial charge < -0.3 is 14.8 Å². The second kappa shape index (κ2) is 8.89. The number of amides is 1. The lowest BCUT2D eigenvalue weighted by Gasteiger charge is -2.26. The minimum Gasteiger partial charge on any atom is -0.495 e. The van der Waals surface area contributed by atoms with Crippen LogP contribution in [-0.4, -0.2) is 29.6 Å². The second-order valence-electron chi connectivity index (χ2n) is 7.62. The highest BCUT2D eigenvalue weighted by molar-refractivity contribution is 6.35. The van der Waals surface area contributed by atoms with E-state index >= 15 is 0 Å². The Kier molecular flexibility index (Phi) is 5.79. The Bertz CT molecular complexity index is 1360. The minimum absolute atomic E-state index is 0.163. The summed E-state index contributed by atoms with van der Waals surface area (Å²) in [5.74, 6) is 0.940. The molecule has 0 aliphatic carbocycles. The predicted molar refractivity (Wildman–Crippen MR) is 128 cm³/mol. The second-order valence-corrected chi connectivity index (χ2v) is 8.49. The molecule has 0 fully saturated rings. The van der Waals surface area contributed by atoms with Crippen LogP contribution in [-0.2, 0) is 0 Å². The van der Waals surface area contributed by atoms with E-state index in [1.54, 1.807) is 30.5 Å². The van der Waals surface area contributed by atoms with Crippen LogP contribution in [0.5, 0.6) is 11.5 Å². The fourth-order valence-corrected chi connectivity index (χ4v) is 4.64. The third-order valence-corrected chi connectivity index (χ3v) is 6.02. The summed E-state index contributed by atoms with van der Waals surface area (Å²) >= 11 is 12.4. The van der Waals surface area contributed by atoms with Crippen molar-refractivity contribution in [2.75, 3.05) is 13.7 Å². The molecule has 166 valence electrons. The van der Waals surface area contributed by atoms with Crippen LogP contribution < -0.4 is 14.8 Å². The van der Waals surface area contributed by atoms with Crippen LogP contribution in [0.1, 0.15) is 28.4 Å². The Morgan fingerprint density at radius 3 is 2.70 bits per heavy atom. The number of fused-ring (bicyclic) bond motifs is 2. The first kappa shape index (κ1) is 21.5. The van der Waals surface area contributed by atoms with Crippen molar-refractivity contribution in [2.24, 2.45) is 0 Å². The Labute approximate surface area is 200 Å². The van der Waals surface area contributed by atoms with E-state index in [-0.39, 0.29) is 11.9 Å². The number of nitrogens with one attached hydrogen (secondary N) is 1. The van der Waals surface area contributed by atoms with Crippen LogP contribution in [0.25, 0.3) is 22.2 Å². The summed E-state index contributed by atoms with van der Waals surface area (Å²) in [7, 11) is 1.53. The third-order valence-electron chi connectivity index (χ3n) is 5.58. The first-order valence-electron chi connectivity index (χ1n) is 10.4. The van der Waals surface area contributed by atoms with Crippen molar-refractivity contribution < 1.29 is 14.3 Å². The summed E-state index contributed by atoms with van der Waals surface area (Å²) < 4.78 is 11.4. The average molecular weight is 480 g/mol. The molecule has 6 nitrogen and oxygen atoms in total. The zero-order valence-corrected chi connectivity index (χ0v) is 19.2. The van der Waals surface area contributed by atoms with Gasteiger partial charge in [0.1, 0.15) is 22.6 Å². The van der Waals surface area contributed by atoms with Crippen molar-refractivity contribution in [2.45, 2.75) is 12.5 Å². The minimum atomic E-state index is -0.271. The van der Waals surface area contributed by atoms with Crippen LogP contribution in [0.15, 0.2) is 60.9 Å². The van der Waals surface area contributed by atoms with Crippen molar-refractivity contribution in [3.05, 3.63) is 82.1 Å². The molecular weight excluding hydrogens is 461 g/mol. The molecule has 0 saturated heterocycles. The number of hydrogen-bond donors (Lipinski definition) is 1. The van der Waals surface area contributed by atoms with E-state index in [1.807, 2.05) is 24.3 Å². The maximum absolute atomic E-state index is 13.3. The number of aromatic nitrogens is 2. The van der Waals surface area contributed by atoms with Gasteiger partial charge in [-0.1, -0.05) is 41.4 Å². The van der Waals surface area contributed by atoms with Gasteiger partial charge in [0, 0.05) is 45.4 Å². The zero-order chi connectivity index (χ0) is 22.9. The van der Waals surface area contributed by atoms with Gasteiger partial charge in [0.25, 0.3) is 5.91 Å². The molecule has 1 aliphatic rings. The molecule has 0 bridgehead atoms. The number of rotatable bonds is 4. The highest BCUT2D eigenvalue weighted by Gasteiger charge is 2.25. The number of carbonyl (C=O) groups is 1. The molecule has 0 radical (unpaired) electrons. The number of carbonyl (C=O) groups excluding carboxylic acids is 1. The van der Waals surface area contributed by atoms with Crippen molar-refractivity contribution in [3.8, 4) is 22.8 Å². The summed E-state index contributed by atoms with van der Waals surface area (Å²) in [6.07, 6.45) is 3.84. The number of pyridine rings is 2. The number of methoxy groups -OCH3 is 1. The van der Waals surface area contributed by atoms with Crippen LogP contribution in [0, 0.1) is 0 Å². The highest BCUT2D eigenvalue weighted by Crippen LogP contribution is 2.36. The van der Waals surface area contributed by atoms with Crippen LogP contribution >= 0.6 is 23.2 Å². The van der Waals surface area contributed by atoms with Gasteiger partial charge in [-0.25, -0.2) is 0 Å². The van der Waals surface area contributed by atoms with Crippen molar-refractivity contribution in [1.29, 1.82) is 0 Å². The predicted octanol–water partition coefficient (Wildman–Crippen LogP) is 5.87. The smallest absolute Gasteiger partial charge is 0.257 e. The maximum Gasteiger partial charge on any atom is 0.257 e. The molecule has 2 aromatic heterocycles. The van der Waals surface area contributed by atoms with Crippen LogP contribution in [0.4, 0.5) is 0 Å². The van der Waals surface area contributed by atoms with Gasteiger partial charge in [-0.15, -0.1) is 0 Å². The Morgan fingerprint density at radius 1 is 1.12 bits per heavy atom. The Hall–Kier alpha value is -3.35. The van der Waals surface area contributed by atoms with E-state index < -0.39 is 0 Å². The molecule has 2 aromatic carbocycles. The molecule has 0 saturated carbocycles. The number of halogens is 2. The van der Waals surface area contributed by atoms with E-state index in [9.17, 15) is 4.79 Å². The molecule has 4 aromatic rings. The van der Waals surface area contributed by atoms with Gasteiger partial charge in [-0.05, 0) is 30.3 Å².